The third-order valence-electron chi connectivity index (χ3n) is 2.06. The van der Waals surface area contributed by atoms with Gasteiger partial charge in [0.1, 0.15) is 0 Å². The third-order valence-corrected chi connectivity index (χ3v) is 2.06. The Kier molecular flexibility index (Phi) is 8.33. The largest absolute Gasteiger partial charge is 0.337 e. The second-order valence-corrected chi connectivity index (χ2v) is 3.15. The molecule has 0 atom stereocenters. The van der Waals surface area contributed by atoms with Crippen molar-refractivity contribution in [1.29, 1.82) is 0 Å². The molecule has 4 heteroatoms. The monoisotopic (exact) mass is 201 g/mol. The number of hydrogen-bond acceptors (Lipinski definition) is 2. The summed E-state index contributed by atoms with van der Waals surface area (Å²) in [4.78, 5) is 13.2. The molecule has 14 heavy (non-hydrogen) atoms. The molecule has 4 nitrogen and oxygen atoms in total. The number of nitrogens with zero attached hydrogens (tertiary/aromatic N) is 1. The highest BCUT2D eigenvalue weighted by Crippen LogP contribution is 1.86. The van der Waals surface area contributed by atoms with Gasteiger partial charge in [-0.25, -0.2) is 4.79 Å². The van der Waals surface area contributed by atoms with E-state index >= 15 is 0 Å². The Morgan fingerprint density at radius 1 is 1.07 bits per heavy atom. The molecule has 84 valence electrons. The molecule has 0 saturated carbocycles. The predicted octanol–water partition coefficient (Wildman–Crippen LogP) is 1.04. The van der Waals surface area contributed by atoms with E-state index in [4.69, 9.17) is 0 Å². The van der Waals surface area contributed by atoms with Crippen molar-refractivity contribution in [3.8, 4) is 0 Å². The van der Waals surface area contributed by atoms with Gasteiger partial charge in [-0.15, -0.1) is 0 Å². The summed E-state index contributed by atoms with van der Waals surface area (Å²) >= 11 is 0. The Balaban J connectivity index is 3.43. The lowest BCUT2D eigenvalue weighted by atomic mass is 10.4. The fraction of sp³-hybridized carbons (Fsp3) is 0.900. The van der Waals surface area contributed by atoms with E-state index in [1.807, 2.05) is 13.8 Å². The van der Waals surface area contributed by atoms with Gasteiger partial charge < -0.3 is 15.5 Å². The molecule has 0 aliphatic rings. The first-order valence-corrected chi connectivity index (χ1v) is 5.49. The highest BCUT2D eigenvalue weighted by Gasteiger charge is 2.06. The van der Waals surface area contributed by atoms with E-state index < -0.39 is 0 Å². The maximum Gasteiger partial charge on any atom is 0.317 e. The van der Waals surface area contributed by atoms with E-state index in [2.05, 4.69) is 17.6 Å². The maximum absolute atomic E-state index is 11.4. The summed E-state index contributed by atoms with van der Waals surface area (Å²) in [5.74, 6) is 0. The zero-order valence-electron chi connectivity index (χ0n) is 9.60. The predicted molar refractivity (Wildman–Crippen MR) is 59.5 cm³/mol. The maximum atomic E-state index is 11.4. The molecule has 0 fully saturated rings. The van der Waals surface area contributed by atoms with Crippen molar-refractivity contribution in [1.82, 2.24) is 15.5 Å². The summed E-state index contributed by atoms with van der Waals surface area (Å²) < 4.78 is 0. The summed E-state index contributed by atoms with van der Waals surface area (Å²) in [7, 11) is 0. The zero-order chi connectivity index (χ0) is 10.8. The lowest BCUT2D eigenvalue weighted by Crippen LogP contribution is -2.42. The van der Waals surface area contributed by atoms with E-state index in [1.54, 1.807) is 4.90 Å². The van der Waals surface area contributed by atoms with Crippen molar-refractivity contribution in [2.75, 3.05) is 32.7 Å². The van der Waals surface area contributed by atoms with Gasteiger partial charge in [0.05, 0.1) is 0 Å². The number of urea groups is 1. The van der Waals surface area contributed by atoms with Gasteiger partial charge in [0.15, 0.2) is 0 Å². The van der Waals surface area contributed by atoms with Crippen LogP contribution < -0.4 is 10.6 Å². The van der Waals surface area contributed by atoms with Gasteiger partial charge >= 0.3 is 6.03 Å². The quantitative estimate of drug-likeness (QED) is 0.604. The van der Waals surface area contributed by atoms with Crippen molar-refractivity contribution < 1.29 is 4.79 Å². The molecular formula is C10H23N3O. The third kappa shape index (κ3) is 5.80. The number of rotatable bonds is 7. The van der Waals surface area contributed by atoms with Crippen molar-refractivity contribution in [3.63, 3.8) is 0 Å². The molecule has 0 aromatic heterocycles. The fourth-order valence-corrected chi connectivity index (χ4v) is 1.18. The van der Waals surface area contributed by atoms with Gasteiger partial charge in [-0.1, -0.05) is 6.92 Å². The second-order valence-electron chi connectivity index (χ2n) is 3.15. The number of carbonyl (C=O) groups is 1. The molecule has 0 saturated heterocycles. The molecule has 0 bridgehead atoms. The van der Waals surface area contributed by atoms with Gasteiger partial charge in [-0.05, 0) is 26.8 Å². The van der Waals surface area contributed by atoms with Crippen molar-refractivity contribution in [3.05, 3.63) is 0 Å². The SMILES string of the molecule is CCCNCCNC(=O)N(CC)CC. The van der Waals surface area contributed by atoms with Crippen LogP contribution in [0.4, 0.5) is 4.79 Å². The first kappa shape index (κ1) is 13.2. The number of hydrogen-bond donors (Lipinski definition) is 2. The molecule has 0 rings (SSSR count). The summed E-state index contributed by atoms with van der Waals surface area (Å²) in [6.07, 6.45) is 1.13. The highest BCUT2D eigenvalue weighted by molar-refractivity contribution is 5.73. The van der Waals surface area contributed by atoms with Crippen LogP contribution in [-0.4, -0.2) is 43.7 Å². The van der Waals surface area contributed by atoms with Gasteiger partial charge in [0, 0.05) is 26.2 Å². The molecular weight excluding hydrogens is 178 g/mol. The molecule has 0 heterocycles. The number of amides is 2. The summed E-state index contributed by atoms with van der Waals surface area (Å²) in [5.41, 5.74) is 0. The Morgan fingerprint density at radius 2 is 1.71 bits per heavy atom. The van der Waals surface area contributed by atoms with E-state index in [0.29, 0.717) is 6.54 Å². The summed E-state index contributed by atoms with van der Waals surface area (Å²) in [5, 5.41) is 6.10. The molecule has 0 aliphatic heterocycles. The van der Waals surface area contributed by atoms with Crippen LogP contribution >= 0.6 is 0 Å². The Morgan fingerprint density at radius 3 is 2.21 bits per heavy atom. The van der Waals surface area contributed by atoms with Crippen LogP contribution in [0.1, 0.15) is 27.2 Å². The van der Waals surface area contributed by atoms with Crippen molar-refractivity contribution in [2.45, 2.75) is 27.2 Å². The minimum atomic E-state index is 0.0355. The molecule has 0 aliphatic carbocycles. The molecule has 0 unspecified atom stereocenters. The van der Waals surface area contributed by atoms with Gasteiger partial charge in [0.25, 0.3) is 0 Å². The summed E-state index contributed by atoms with van der Waals surface area (Å²) in [6.45, 7) is 10.2. The van der Waals surface area contributed by atoms with Crippen LogP contribution in [-0.2, 0) is 0 Å². The van der Waals surface area contributed by atoms with E-state index in [9.17, 15) is 4.79 Å². The van der Waals surface area contributed by atoms with Crippen LogP contribution in [0.5, 0.6) is 0 Å². The molecule has 0 spiro atoms. The molecule has 0 aromatic rings. The van der Waals surface area contributed by atoms with Crippen LogP contribution in [0.25, 0.3) is 0 Å². The fourth-order valence-electron chi connectivity index (χ4n) is 1.18. The minimum Gasteiger partial charge on any atom is -0.337 e. The smallest absolute Gasteiger partial charge is 0.317 e. The van der Waals surface area contributed by atoms with Gasteiger partial charge in [-0.3, -0.25) is 0 Å². The first-order chi connectivity index (χ1) is 6.76. The number of nitrogens with one attached hydrogen (secondary N) is 2. The number of carbonyl (C=O) groups excluding carboxylic acids is 1. The first-order valence-electron chi connectivity index (χ1n) is 5.49. The second kappa shape index (κ2) is 8.81. The van der Waals surface area contributed by atoms with E-state index in [0.717, 1.165) is 32.6 Å². The highest BCUT2D eigenvalue weighted by atomic mass is 16.2. The van der Waals surface area contributed by atoms with Crippen LogP contribution in [0, 0.1) is 0 Å². The lowest BCUT2D eigenvalue weighted by molar-refractivity contribution is 0.203. The zero-order valence-corrected chi connectivity index (χ0v) is 9.60. The molecule has 2 amide bonds. The Bertz CT molecular complexity index is 146. The average Bonchev–Trinajstić information content (AvgIpc) is 2.19. The standard InChI is InChI=1S/C10H23N3O/c1-4-7-11-8-9-12-10(14)13(5-2)6-3/h11H,4-9H2,1-3H3,(H,12,14). The Labute approximate surface area is 87.0 Å². The van der Waals surface area contributed by atoms with Gasteiger partial charge in [0.2, 0.25) is 0 Å². The van der Waals surface area contributed by atoms with Crippen LogP contribution in [0.2, 0.25) is 0 Å². The van der Waals surface area contributed by atoms with E-state index in [1.165, 1.54) is 0 Å². The molecule has 0 radical (unpaired) electrons. The van der Waals surface area contributed by atoms with Crippen molar-refractivity contribution in [2.24, 2.45) is 0 Å². The van der Waals surface area contributed by atoms with Crippen molar-refractivity contribution >= 4 is 6.03 Å². The average molecular weight is 201 g/mol. The van der Waals surface area contributed by atoms with E-state index in [-0.39, 0.29) is 6.03 Å². The molecule has 0 aromatic carbocycles. The topological polar surface area (TPSA) is 44.4 Å². The lowest BCUT2D eigenvalue weighted by Gasteiger charge is -2.19. The summed E-state index contributed by atoms with van der Waals surface area (Å²) in [6, 6.07) is 0.0355. The van der Waals surface area contributed by atoms with Gasteiger partial charge in [-0.2, -0.15) is 0 Å². The minimum absolute atomic E-state index is 0.0355. The van der Waals surface area contributed by atoms with Crippen LogP contribution in [0.3, 0.4) is 0 Å². The normalized spacial score (nSPS) is 9.93. The molecule has 2 N–H and O–H groups in total. The van der Waals surface area contributed by atoms with Crippen LogP contribution in [0.15, 0.2) is 0 Å². The Hall–Kier alpha value is -0.770.